The predicted octanol–water partition coefficient (Wildman–Crippen LogP) is 0.644. The molecule has 0 saturated carbocycles. The Kier molecular flexibility index (Phi) is 3.82. The highest BCUT2D eigenvalue weighted by Gasteiger charge is 2.17. The quantitative estimate of drug-likeness (QED) is 0.634. The van der Waals surface area contributed by atoms with E-state index in [0.717, 1.165) is 0 Å². The average molecular weight is 252 g/mol. The van der Waals surface area contributed by atoms with Gasteiger partial charge in [-0.15, -0.1) is 0 Å². The van der Waals surface area contributed by atoms with Crippen molar-refractivity contribution in [1.82, 2.24) is 9.66 Å². The van der Waals surface area contributed by atoms with Crippen molar-refractivity contribution in [2.45, 2.75) is 24.8 Å². The van der Waals surface area contributed by atoms with Crippen LogP contribution in [0.3, 0.4) is 0 Å². The van der Waals surface area contributed by atoms with Gasteiger partial charge in [0.05, 0.1) is 0 Å². The van der Waals surface area contributed by atoms with E-state index in [1.54, 1.807) is 13.8 Å². The number of rotatable bonds is 3. The lowest BCUT2D eigenvalue weighted by Gasteiger charge is -2.30. The van der Waals surface area contributed by atoms with E-state index in [0.29, 0.717) is 0 Å². The van der Waals surface area contributed by atoms with Gasteiger partial charge < -0.3 is 0 Å². The van der Waals surface area contributed by atoms with Gasteiger partial charge in [-0.05, 0) is 13.8 Å². The Bertz CT molecular complexity index is 430. The zero-order valence-electron chi connectivity index (χ0n) is 8.28. The van der Waals surface area contributed by atoms with Crippen LogP contribution in [0.1, 0.15) is 13.8 Å². The van der Waals surface area contributed by atoms with Crippen molar-refractivity contribution < 1.29 is 0 Å². The highest BCUT2D eigenvalue weighted by atomic mass is 35.5. The second-order valence-electron chi connectivity index (χ2n) is 2.98. The Labute approximate surface area is 96.2 Å². The van der Waals surface area contributed by atoms with E-state index in [2.05, 4.69) is 4.98 Å². The van der Waals surface area contributed by atoms with E-state index < -0.39 is 22.3 Å². The summed E-state index contributed by atoms with van der Waals surface area (Å²) in [5.74, 6) is 0. The normalized spacial score (nSPS) is 14.7. The van der Waals surface area contributed by atoms with E-state index in [-0.39, 0.29) is 0 Å². The minimum absolute atomic E-state index is 0.458. The van der Waals surface area contributed by atoms with E-state index in [4.69, 9.17) is 23.2 Å². The number of hydrogen-bond acceptors (Lipinski definition) is 3. The summed E-state index contributed by atoms with van der Waals surface area (Å²) in [4.78, 5) is 24.4. The summed E-state index contributed by atoms with van der Waals surface area (Å²) in [6.07, 6.45) is 1.33. The third kappa shape index (κ3) is 2.76. The van der Waals surface area contributed by atoms with E-state index in [1.165, 1.54) is 21.9 Å². The summed E-state index contributed by atoms with van der Waals surface area (Å²) < 4.78 is 1.18. The zero-order valence-corrected chi connectivity index (χ0v) is 9.79. The van der Waals surface area contributed by atoms with Crippen LogP contribution in [0.4, 0.5) is 0 Å². The second kappa shape index (κ2) is 4.72. The molecule has 0 saturated heterocycles. The largest absolute Gasteiger partial charge is 0.347 e. The zero-order chi connectivity index (χ0) is 11.6. The number of aromatic amines is 1. The summed E-state index contributed by atoms with van der Waals surface area (Å²) in [5.41, 5.74) is -1.97. The van der Waals surface area contributed by atoms with Crippen molar-refractivity contribution in [3.63, 3.8) is 0 Å². The number of alkyl halides is 2. The van der Waals surface area contributed by atoms with Gasteiger partial charge in [0.2, 0.25) is 0 Å². The Morgan fingerprint density at radius 1 is 1.33 bits per heavy atom. The molecule has 1 aromatic heterocycles. The molecule has 0 aliphatic heterocycles. The van der Waals surface area contributed by atoms with Gasteiger partial charge in [-0.3, -0.25) is 14.8 Å². The SMILES string of the molecule is CC(Cl)N(C(C)Cl)n1ccc(=O)[nH]c1=O. The third-order valence-electron chi connectivity index (χ3n) is 1.78. The molecule has 0 spiro atoms. The summed E-state index contributed by atoms with van der Waals surface area (Å²) in [5, 5.41) is 1.43. The molecule has 1 aromatic rings. The van der Waals surface area contributed by atoms with Gasteiger partial charge in [-0.25, -0.2) is 9.47 Å². The molecule has 7 heteroatoms. The molecule has 0 amide bonds. The number of nitrogens with zero attached hydrogens (tertiary/aromatic N) is 2. The van der Waals surface area contributed by atoms with E-state index >= 15 is 0 Å². The molecule has 1 heterocycles. The van der Waals surface area contributed by atoms with Crippen molar-refractivity contribution in [2.24, 2.45) is 0 Å². The molecule has 0 radical (unpaired) electrons. The van der Waals surface area contributed by atoms with Gasteiger partial charge in [-0.1, -0.05) is 23.2 Å². The van der Waals surface area contributed by atoms with Crippen LogP contribution in [0.5, 0.6) is 0 Å². The number of nitrogens with one attached hydrogen (secondary N) is 1. The standard InChI is InChI=1S/C8H11Cl2N3O2/c1-5(9)13(6(2)10)12-4-3-7(14)11-8(12)15/h3-6H,1-2H3,(H,11,14,15). The van der Waals surface area contributed by atoms with Crippen molar-refractivity contribution in [1.29, 1.82) is 0 Å². The molecule has 0 aliphatic carbocycles. The van der Waals surface area contributed by atoms with Gasteiger partial charge in [-0.2, -0.15) is 0 Å². The molecule has 2 atom stereocenters. The highest BCUT2D eigenvalue weighted by molar-refractivity contribution is 6.24. The van der Waals surface area contributed by atoms with Crippen molar-refractivity contribution in [3.05, 3.63) is 33.1 Å². The molecule has 1 N–H and O–H groups in total. The maximum Gasteiger partial charge on any atom is 0.347 e. The monoisotopic (exact) mass is 251 g/mol. The molecule has 84 valence electrons. The van der Waals surface area contributed by atoms with E-state index in [1.807, 2.05) is 0 Å². The maximum absolute atomic E-state index is 11.4. The van der Waals surface area contributed by atoms with Gasteiger partial charge in [0.1, 0.15) is 11.0 Å². The Morgan fingerprint density at radius 2 is 1.87 bits per heavy atom. The van der Waals surface area contributed by atoms with Crippen molar-refractivity contribution in [3.8, 4) is 0 Å². The van der Waals surface area contributed by atoms with Crippen LogP contribution in [0.15, 0.2) is 21.9 Å². The molecule has 0 aliphatic rings. The molecule has 5 nitrogen and oxygen atoms in total. The minimum atomic E-state index is -0.567. The van der Waals surface area contributed by atoms with Crippen LogP contribution in [0.2, 0.25) is 0 Å². The molecular weight excluding hydrogens is 241 g/mol. The van der Waals surface area contributed by atoms with Crippen LogP contribution in [0.25, 0.3) is 0 Å². The third-order valence-corrected chi connectivity index (χ3v) is 2.18. The lowest BCUT2D eigenvalue weighted by molar-refractivity contribution is 0.534. The molecule has 1 rings (SSSR count). The first kappa shape index (κ1) is 12.1. The summed E-state index contributed by atoms with van der Waals surface area (Å²) in [6.45, 7) is 3.36. The maximum atomic E-state index is 11.4. The number of H-pyrrole nitrogens is 1. The van der Waals surface area contributed by atoms with E-state index in [9.17, 15) is 9.59 Å². The Balaban J connectivity index is 3.24. The predicted molar refractivity (Wildman–Crippen MR) is 60.2 cm³/mol. The van der Waals surface area contributed by atoms with Crippen LogP contribution in [-0.2, 0) is 0 Å². The van der Waals surface area contributed by atoms with Gasteiger partial charge in [0.25, 0.3) is 5.56 Å². The van der Waals surface area contributed by atoms with Crippen LogP contribution in [-0.4, -0.2) is 20.7 Å². The molecular formula is C8H11Cl2N3O2. The fourth-order valence-corrected chi connectivity index (χ4v) is 1.80. The van der Waals surface area contributed by atoms with Gasteiger partial charge >= 0.3 is 5.69 Å². The minimum Gasteiger partial charge on any atom is -0.274 e. The first-order chi connectivity index (χ1) is 6.93. The summed E-state index contributed by atoms with van der Waals surface area (Å²) in [6, 6.07) is 1.23. The number of aromatic nitrogens is 2. The summed E-state index contributed by atoms with van der Waals surface area (Å²) in [7, 11) is 0. The summed E-state index contributed by atoms with van der Waals surface area (Å²) >= 11 is 11.7. The average Bonchev–Trinajstić information content (AvgIpc) is 2.08. The molecule has 0 aromatic carbocycles. The van der Waals surface area contributed by atoms with Crippen LogP contribution in [0, 0.1) is 0 Å². The lowest BCUT2D eigenvalue weighted by atomic mass is 10.6. The van der Waals surface area contributed by atoms with Gasteiger partial charge in [0, 0.05) is 12.3 Å². The first-order valence-electron chi connectivity index (χ1n) is 4.32. The molecule has 0 bridgehead atoms. The van der Waals surface area contributed by atoms with Crippen LogP contribution >= 0.6 is 23.2 Å². The Morgan fingerprint density at radius 3 is 2.27 bits per heavy atom. The van der Waals surface area contributed by atoms with Crippen molar-refractivity contribution >= 4 is 23.2 Å². The molecule has 15 heavy (non-hydrogen) atoms. The first-order valence-corrected chi connectivity index (χ1v) is 5.19. The fraction of sp³-hybridized carbons (Fsp3) is 0.500. The topological polar surface area (TPSA) is 58.1 Å². The highest BCUT2D eigenvalue weighted by Crippen LogP contribution is 2.08. The van der Waals surface area contributed by atoms with Gasteiger partial charge in [0.15, 0.2) is 0 Å². The second-order valence-corrected chi connectivity index (χ2v) is 4.25. The van der Waals surface area contributed by atoms with Crippen molar-refractivity contribution in [2.75, 3.05) is 5.01 Å². The number of halogens is 2. The van der Waals surface area contributed by atoms with Crippen LogP contribution < -0.4 is 16.3 Å². The fourth-order valence-electron chi connectivity index (χ4n) is 1.22. The Hall–Kier alpha value is -0.940. The smallest absolute Gasteiger partial charge is 0.274 e. The molecule has 0 fully saturated rings. The lowest BCUT2D eigenvalue weighted by Crippen LogP contribution is -2.50. The molecule has 2 unspecified atom stereocenters. The number of hydrogen-bond donors (Lipinski definition) is 1.